The van der Waals surface area contributed by atoms with Gasteiger partial charge in [-0.05, 0) is 26.8 Å². The highest BCUT2D eigenvalue weighted by Gasteiger charge is 2.14. The number of nitrogens with one attached hydrogen (secondary N) is 1. The van der Waals surface area contributed by atoms with E-state index in [1.54, 1.807) is 7.11 Å². The Morgan fingerprint density at radius 1 is 1.58 bits per heavy atom. The predicted molar refractivity (Wildman–Crippen MR) is 53.6 cm³/mol. The van der Waals surface area contributed by atoms with Crippen molar-refractivity contribution in [3.8, 4) is 0 Å². The lowest BCUT2D eigenvalue weighted by molar-refractivity contribution is 0.0160. The molecule has 0 amide bonds. The van der Waals surface area contributed by atoms with Crippen molar-refractivity contribution in [2.45, 2.75) is 25.9 Å². The Kier molecular flexibility index (Phi) is 5.55. The third-order valence-corrected chi connectivity index (χ3v) is 1.91. The summed E-state index contributed by atoms with van der Waals surface area (Å²) in [6.07, 6.45) is 0.966. The molecule has 0 heterocycles. The van der Waals surface area contributed by atoms with E-state index in [1.165, 1.54) is 0 Å². The lowest BCUT2D eigenvalue weighted by Crippen LogP contribution is -2.29. The van der Waals surface area contributed by atoms with E-state index in [-0.39, 0.29) is 5.60 Å². The summed E-state index contributed by atoms with van der Waals surface area (Å²) in [6, 6.07) is 0. The van der Waals surface area contributed by atoms with Crippen LogP contribution < -0.4 is 5.32 Å². The molecular weight excluding hydrogens is 174 g/mol. The normalized spacial score (nSPS) is 11.7. The van der Waals surface area contributed by atoms with Crippen molar-refractivity contribution < 1.29 is 4.74 Å². The highest BCUT2D eigenvalue weighted by Crippen LogP contribution is 2.11. The van der Waals surface area contributed by atoms with E-state index >= 15 is 0 Å². The van der Waals surface area contributed by atoms with Crippen LogP contribution in [0.5, 0.6) is 0 Å². The molecule has 0 bridgehead atoms. The van der Waals surface area contributed by atoms with Gasteiger partial charge in [-0.25, -0.2) is 0 Å². The van der Waals surface area contributed by atoms with Gasteiger partial charge in [0.15, 0.2) is 0 Å². The van der Waals surface area contributed by atoms with Gasteiger partial charge in [-0.2, -0.15) is 0 Å². The van der Waals surface area contributed by atoms with E-state index in [1.807, 2.05) is 0 Å². The highest BCUT2D eigenvalue weighted by molar-refractivity contribution is 6.29. The second kappa shape index (κ2) is 5.57. The highest BCUT2D eigenvalue weighted by atomic mass is 35.5. The van der Waals surface area contributed by atoms with Gasteiger partial charge >= 0.3 is 0 Å². The molecule has 0 aromatic carbocycles. The summed E-state index contributed by atoms with van der Waals surface area (Å²) in [4.78, 5) is 0. The van der Waals surface area contributed by atoms with Crippen molar-refractivity contribution >= 4 is 11.6 Å². The Bertz CT molecular complexity index is 145. The van der Waals surface area contributed by atoms with Gasteiger partial charge in [0.1, 0.15) is 0 Å². The average molecular weight is 192 g/mol. The van der Waals surface area contributed by atoms with Crippen molar-refractivity contribution in [3.63, 3.8) is 0 Å². The van der Waals surface area contributed by atoms with E-state index in [0.717, 1.165) is 13.0 Å². The molecule has 0 aromatic heterocycles. The minimum absolute atomic E-state index is 0.0549. The zero-order chi connectivity index (χ0) is 9.61. The molecule has 0 aliphatic heterocycles. The minimum atomic E-state index is -0.0549. The van der Waals surface area contributed by atoms with Crippen molar-refractivity contribution in [1.82, 2.24) is 5.32 Å². The smallest absolute Gasteiger partial charge is 0.0634 e. The quantitative estimate of drug-likeness (QED) is 0.650. The van der Waals surface area contributed by atoms with Crippen LogP contribution in [-0.4, -0.2) is 25.8 Å². The first kappa shape index (κ1) is 11.9. The van der Waals surface area contributed by atoms with Crippen molar-refractivity contribution in [2.75, 3.05) is 20.2 Å². The molecule has 0 unspecified atom stereocenters. The van der Waals surface area contributed by atoms with Crippen molar-refractivity contribution in [3.05, 3.63) is 11.6 Å². The number of hydrogen-bond donors (Lipinski definition) is 1. The number of halogens is 1. The minimum Gasteiger partial charge on any atom is -0.379 e. The Morgan fingerprint density at radius 3 is 2.58 bits per heavy atom. The summed E-state index contributed by atoms with van der Waals surface area (Å²) < 4.78 is 5.25. The van der Waals surface area contributed by atoms with Gasteiger partial charge in [0, 0.05) is 18.7 Å². The number of ether oxygens (including phenoxy) is 1. The molecule has 0 aromatic rings. The van der Waals surface area contributed by atoms with Gasteiger partial charge in [0.2, 0.25) is 0 Å². The van der Waals surface area contributed by atoms with Crippen LogP contribution in [-0.2, 0) is 4.74 Å². The molecule has 0 spiro atoms. The molecule has 1 N–H and O–H groups in total. The third-order valence-electron chi connectivity index (χ3n) is 1.77. The van der Waals surface area contributed by atoms with Crippen molar-refractivity contribution in [2.24, 2.45) is 0 Å². The van der Waals surface area contributed by atoms with Crippen LogP contribution in [0.1, 0.15) is 20.3 Å². The first-order chi connectivity index (χ1) is 5.48. The van der Waals surface area contributed by atoms with Crippen LogP contribution in [0.15, 0.2) is 11.6 Å². The summed E-state index contributed by atoms with van der Waals surface area (Å²) in [6.45, 7) is 9.26. The monoisotopic (exact) mass is 191 g/mol. The molecule has 0 aliphatic carbocycles. The standard InChI is InChI=1S/C9H18ClNO/c1-8(10)7-11-6-5-9(2,3)12-4/h11H,1,5-7H2,2-4H3. The fraction of sp³-hybridized carbons (Fsp3) is 0.778. The fourth-order valence-electron chi connectivity index (χ4n) is 0.716. The average Bonchev–Trinajstić information content (AvgIpc) is 1.98. The molecule has 12 heavy (non-hydrogen) atoms. The zero-order valence-electron chi connectivity index (χ0n) is 8.11. The zero-order valence-corrected chi connectivity index (χ0v) is 8.87. The number of rotatable bonds is 6. The predicted octanol–water partition coefficient (Wildman–Crippen LogP) is 2.14. The molecule has 0 saturated carbocycles. The van der Waals surface area contributed by atoms with E-state index in [0.29, 0.717) is 11.6 Å². The molecule has 72 valence electrons. The topological polar surface area (TPSA) is 21.3 Å². The Hall–Kier alpha value is -0.0500. The fourth-order valence-corrected chi connectivity index (χ4v) is 0.810. The summed E-state index contributed by atoms with van der Waals surface area (Å²) in [7, 11) is 1.72. The molecule has 3 heteroatoms. The van der Waals surface area contributed by atoms with Crippen LogP contribution in [0.3, 0.4) is 0 Å². The van der Waals surface area contributed by atoms with Crippen LogP contribution in [0.2, 0.25) is 0 Å². The van der Waals surface area contributed by atoms with Gasteiger partial charge < -0.3 is 10.1 Å². The Labute approximate surface area is 79.9 Å². The van der Waals surface area contributed by atoms with Gasteiger partial charge in [-0.1, -0.05) is 18.2 Å². The Balaban J connectivity index is 3.37. The lowest BCUT2D eigenvalue weighted by atomic mass is 10.1. The maximum absolute atomic E-state index is 5.57. The number of methoxy groups -OCH3 is 1. The van der Waals surface area contributed by atoms with Gasteiger partial charge in [-0.3, -0.25) is 0 Å². The first-order valence-corrected chi connectivity index (χ1v) is 4.45. The van der Waals surface area contributed by atoms with Crippen LogP contribution in [0.25, 0.3) is 0 Å². The molecule has 0 saturated heterocycles. The largest absolute Gasteiger partial charge is 0.379 e. The van der Waals surface area contributed by atoms with Crippen molar-refractivity contribution in [1.29, 1.82) is 0 Å². The van der Waals surface area contributed by atoms with Crippen LogP contribution in [0.4, 0.5) is 0 Å². The first-order valence-electron chi connectivity index (χ1n) is 4.07. The summed E-state index contributed by atoms with van der Waals surface area (Å²) in [5, 5.41) is 3.81. The van der Waals surface area contributed by atoms with E-state index in [2.05, 4.69) is 25.7 Å². The SMILES string of the molecule is C=C(Cl)CNCCC(C)(C)OC. The molecule has 0 atom stereocenters. The van der Waals surface area contributed by atoms with Gasteiger partial charge in [0.05, 0.1) is 5.60 Å². The lowest BCUT2D eigenvalue weighted by Gasteiger charge is -2.22. The van der Waals surface area contributed by atoms with Crippen LogP contribution in [0, 0.1) is 0 Å². The summed E-state index contributed by atoms with van der Waals surface area (Å²) >= 11 is 5.57. The number of hydrogen-bond acceptors (Lipinski definition) is 2. The van der Waals surface area contributed by atoms with Gasteiger partial charge in [0.25, 0.3) is 0 Å². The Morgan fingerprint density at radius 2 is 2.17 bits per heavy atom. The van der Waals surface area contributed by atoms with E-state index < -0.39 is 0 Å². The molecular formula is C9H18ClNO. The summed E-state index contributed by atoms with van der Waals surface area (Å²) in [5.74, 6) is 0. The van der Waals surface area contributed by atoms with E-state index in [4.69, 9.17) is 16.3 Å². The molecule has 0 radical (unpaired) electrons. The van der Waals surface area contributed by atoms with Gasteiger partial charge in [-0.15, -0.1) is 0 Å². The second-order valence-electron chi connectivity index (χ2n) is 3.41. The molecule has 0 aliphatic rings. The molecule has 0 fully saturated rings. The van der Waals surface area contributed by atoms with E-state index in [9.17, 15) is 0 Å². The maximum atomic E-state index is 5.57. The van der Waals surface area contributed by atoms with Crippen LogP contribution >= 0.6 is 11.6 Å². The molecule has 0 rings (SSSR count). The summed E-state index contributed by atoms with van der Waals surface area (Å²) in [5.41, 5.74) is -0.0549. The molecule has 2 nitrogen and oxygen atoms in total. The third kappa shape index (κ3) is 6.65. The maximum Gasteiger partial charge on any atom is 0.0634 e. The second-order valence-corrected chi connectivity index (χ2v) is 3.94.